The molecule has 0 bridgehead atoms. The van der Waals surface area contributed by atoms with E-state index in [1.165, 1.54) is 0 Å². The van der Waals surface area contributed by atoms with Crippen molar-refractivity contribution in [1.29, 1.82) is 0 Å². The molecule has 1 fully saturated rings. The first kappa shape index (κ1) is 22.9. The minimum absolute atomic E-state index is 0.253. The number of unbranched alkanes of at least 4 members (excludes halogenated alkanes) is 1. The SMILES string of the molecule is CCCCc1c(Cl)c(C(F)(F)F)nn1C(C=O)N1CCN(c2ccc(Cl)cc2)CC1. The highest BCUT2D eigenvalue weighted by molar-refractivity contribution is 6.32. The van der Waals surface area contributed by atoms with Gasteiger partial charge in [-0.1, -0.05) is 36.5 Å². The highest BCUT2D eigenvalue weighted by Gasteiger charge is 2.40. The van der Waals surface area contributed by atoms with Crippen molar-refractivity contribution in [2.45, 2.75) is 38.5 Å². The Balaban J connectivity index is 1.82. The molecule has 10 heteroatoms. The predicted octanol–water partition coefficient (Wildman–Crippen LogP) is 5.07. The van der Waals surface area contributed by atoms with Crippen LogP contribution in [0.2, 0.25) is 10.0 Å². The lowest BCUT2D eigenvalue weighted by Crippen LogP contribution is -2.49. The summed E-state index contributed by atoms with van der Waals surface area (Å²) in [5, 5.41) is 3.96. The molecule has 0 aliphatic carbocycles. The number of nitrogens with zero attached hydrogens (tertiary/aromatic N) is 4. The van der Waals surface area contributed by atoms with Crippen LogP contribution in [-0.4, -0.2) is 47.1 Å². The van der Waals surface area contributed by atoms with Gasteiger partial charge in [0.25, 0.3) is 0 Å². The lowest BCUT2D eigenvalue weighted by molar-refractivity contribution is -0.142. The molecule has 0 radical (unpaired) electrons. The first-order valence-electron chi connectivity index (χ1n) is 9.80. The third-order valence-electron chi connectivity index (χ3n) is 5.23. The molecule has 1 saturated heterocycles. The van der Waals surface area contributed by atoms with E-state index in [1.807, 2.05) is 36.1 Å². The molecular formula is C20H23Cl2F3N4O. The number of hydrogen-bond acceptors (Lipinski definition) is 4. The first-order valence-corrected chi connectivity index (χ1v) is 10.6. The number of hydrogen-bond donors (Lipinski definition) is 0. The summed E-state index contributed by atoms with van der Waals surface area (Å²) in [6.07, 6.45) is -3.21. The van der Waals surface area contributed by atoms with Crippen molar-refractivity contribution in [3.8, 4) is 0 Å². The molecule has 2 aromatic rings. The summed E-state index contributed by atoms with van der Waals surface area (Å²) < 4.78 is 41.2. The number of piperazine rings is 1. The fraction of sp³-hybridized carbons (Fsp3) is 0.500. The highest BCUT2D eigenvalue weighted by Crippen LogP contribution is 2.37. The van der Waals surface area contributed by atoms with Crippen LogP contribution in [0.5, 0.6) is 0 Å². The van der Waals surface area contributed by atoms with Gasteiger partial charge in [0.1, 0.15) is 0 Å². The standard InChI is InChI=1S/C20H23Cl2F3N4O/c1-2-3-4-16-18(22)19(20(23,24)25)26-29(16)17(13-30)28-11-9-27(10-12-28)15-7-5-14(21)6-8-15/h5-8,13,17H,2-4,9-12H2,1H3. The van der Waals surface area contributed by atoms with Crippen LogP contribution in [0.1, 0.15) is 37.3 Å². The van der Waals surface area contributed by atoms with Gasteiger partial charge in [-0.2, -0.15) is 18.3 Å². The molecule has 0 saturated carbocycles. The molecule has 0 N–H and O–H groups in total. The van der Waals surface area contributed by atoms with Gasteiger partial charge in [-0.3, -0.25) is 9.69 Å². The van der Waals surface area contributed by atoms with Crippen molar-refractivity contribution in [1.82, 2.24) is 14.7 Å². The summed E-state index contributed by atoms with van der Waals surface area (Å²) >= 11 is 12.0. The number of aldehydes is 1. The van der Waals surface area contributed by atoms with E-state index in [2.05, 4.69) is 10.00 Å². The lowest BCUT2D eigenvalue weighted by Gasteiger charge is -2.38. The average Bonchev–Trinajstić information content (AvgIpc) is 3.05. The summed E-state index contributed by atoms with van der Waals surface area (Å²) in [7, 11) is 0. The van der Waals surface area contributed by atoms with E-state index in [-0.39, 0.29) is 5.69 Å². The Morgan fingerprint density at radius 3 is 2.30 bits per heavy atom. The van der Waals surface area contributed by atoms with Crippen LogP contribution in [0.4, 0.5) is 18.9 Å². The van der Waals surface area contributed by atoms with Crippen molar-refractivity contribution >= 4 is 35.2 Å². The van der Waals surface area contributed by atoms with E-state index in [0.29, 0.717) is 50.3 Å². The lowest BCUT2D eigenvalue weighted by atomic mass is 10.2. The molecule has 0 amide bonds. The van der Waals surface area contributed by atoms with Gasteiger partial charge in [0.2, 0.25) is 0 Å². The molecule has 0 spiro atoms. The molecule has 1 aliphatic rings. The second-order valence-electron chi connectivity index (χ2n) is 7.20. The Bertz CT molecular complexity index is 862. The van der Waals surface area contributed by atoms with Crippen LogP contribution in [0.3, 0.4) is 0 Å². The number of alkyl halides is 3. The van der Waals surface area contributed by atoms with Crippen molar-refractivity contribution in [3.63, 3.8) is 0 Å². The van der Waals surface area contributed by atoms with Crippen LogP contribution in [0, 0.1) is 0 Å². The number of halogens is 5. The van der Waals surface area contributed by atoms with Crippen molar-refractivity contribution in [2.75, 3.05) is 31.1 Å². The van der Waals surface area contributed by atoms with E-state index in [9.17, 15) is 18.0 Å². The third-order valence-corrected chi connectivity index (χ3v) is 5.88. The number of anilines is 1. The monoisotopic (exact) mass is 462 g/mol. The summed E-state index contributed by atoms with van der Waals surface area (Å²) in [5.41, 5.74) is 0.122. The second kappa shape index (κ2) is 9.58. The number of carbonyl (C=O) groups is 1. The number of aromatic nitrogens is 2. The summed E-state index contributed by atoms with van der Waals surface area (Å²) in [5.74, 6) is 0. The molecule has 2 heterocycles. The normalized spacial score (nSPS) is 16.7. The Hall–Kier alpha value is -1.77. The van der Waals surface area contributed by atoms with E-state index in [1.54, 1.807) is 0 Å². The minimum Gasteiger partial charge on any atom is -0.369 e. The zero-order valence-corrected chi connectivity index (χ0v) is 18.0. The maximum Gasteiger partial charge on any atom is 0.436 e. The van der Waals surface area contributed by atoms with Gasteiger partial charge in [0, 0.05) is 36.9 Å². The van der Waals surface area contributed by atoms with Gasteiger partial charge in [0.15, 0.2) is 18.1 Å². The van der Waals surface area contributed by atoms with Crippen LogP contribution >= 0.6 is 23.2 Å². The van der Waals surface area contributed by atoms with Gasteiger partial charge in [-0.05, 0) is 37.1 Å². The second-order valence-corrected chi connectivity index (χ2v) is 8.02. The third kappa shape index (κ3) is 4.92. The average molecular weight is 463 g/mol. The van der Waals surface area contributed by atoms with Gasteiger partial charge in [-0.25, -0.2) is 4.68 Å². The minimum atomic E-state index is -4.68. The van der Waals surface area contributed by atoms with E-state index < -0.39 is 23.1 Å². The number of rotatable bonds is 7. The molecule has 1 atom stereocenters. The van der Waals surface area contributed by atoms with Gasteiger partial charge < -0.3 is 4.90 Å². The molecule has 1 unspecified atom stereocenters. The van der Waals surface area contributed by atoms with E-state index in [0.717, 1.165) is 16.8 Å². The maximum atomic E-state index is 13.4. The molecule has 164 valence electrons. The van der Waals surface area contributed by atoms with Crippen LogP contribution < -0.4 is 4.90 Å². The largest absolute Gasteiger partial charge is 0.436 e. The Morgan fingerprint density at radius 1 is 1.13 bits per heavy atom. The van der Waals surface area contributed by atoms with Crippen molar-refractivity contribution in [2.24, 2.45) is 0 Å². The Kier molecular flexibility index (Phi) is 7.31. The van der Waals surface area contributed by atoms with Crippen molar-refractivity contribution < 1.29 is 18.0 Å². The van der Waals surface area contributed by atoms with Crippen LogP contribution in [0.15, 0.2) is 24.3 Å². The topological polar surface area (TPSA) is 41.4 Å². The molecule has 30 heavy (non-hydrogen) atoms. The maximum absolute atomic E-state index is 13.4. The molecule has 3 rings (SSSR count). The first-order chi connectivity index (χ1) is 14.3. The highest BCUT2D eigenvalue weighted by atomic mass is 35.5. The zero-order chi connectivity index (χ0) is 21.9. The molecule has 5 nitrogen and oxygen atoms in total. The van der Waals surface area contributed by atoms with Crippen LogP contribution in [-0.2, 0) is 17.4 Å². The van der Waals surface area contributed by atoms with Gasteiger partial charge in [-0.15, -0.1) is 0 Å². The smallest absolute Gasteiger partial charge is 0.369 e. The van der Waals surface area contributed by atoms with Crippen LogP contribution in [0.25, 0.3) is 0 Å². The predicted molar refractivity (Wildman–Crippen MR) is 111 cm³/mol. The summed E-state index contributed by atoms with van der Waals surface area (Å²) in [4.78, 5) is 15.9. The quantitative estimate of drug-likeness (QED) is 0.538. The molecule has 1 aromatic heterocycles. The fourth-order valence-corrected chi connectivity index (χ4v) is 4.06. The molecule has 1 aromatic carbocycles. The Morgan fingerprint density at radius 2 is 1.77 bits per heavy atom. The fourth-order valence-electron chi connectivity index (χ4n) is 3.61. The Labute approximate surface area is 183 Å². The molecular weight excluding hydrogens is 440 g/mol. The van der Waals surface area contributed by atoms with Gasteiger partial charge in [0.05, 0.1) is 10.7 Å². The number of carbonyl (C=O) groups excluding carboxylic acids is 1. The van der Waals surface area contributed by atoms with Crippen molar-refractivity contribution in [3.05, 3.63) is 45.7 Å². The van der Waals surface area contributed by atoms with Gasteiger partial charge >= 0.3 is 6.18 Å². The van der Waals surface area contributed by atoms with E-state index >= 15 is 0 Å². The number of benzene rings is 1. The summed E-state index contributed by atoms with van der Waals surface area (Å²) in [6, 6.07) is 7.45. The molecule has 1 aliphatic heterocycles. The zero-order valence-electron chi connectivity index (χ0n) is 16.5. The van der Waals surface area contributed by atoms with E-state index in [4.69, 9.17) is 23.2 Å². The summed E-state index contributed by atoms with van der Waals surface area (Å²) in [6.45, 7) is 4.18.